The third-order valence-corrected chi connectivity index (χ3v) is 4.99. The number of ether oxygens (including phenoxy) is 1. The molecule has 2 aliphatic heterocycles. The van der Waals surface area contributed by atoms with Crippen LogP contribution in [0.1, 0.15) is 66.7 Å². The first-order valence-corrected chi connectivity index (χ1v) is 8.95. The Balaban J connectivity index is 1.63. The van der Waals surface area contributed by atoms with E-state index in [0.29, 0.717) is 5.82 Å². The predicted molar refractivity (Wildman–Crippen MR) is 93.7 cm³/mol. The molecule has 2 aromatic rings. The van der Waals surface area contributed by atoms with Crippen molar-refractivity contribution in [3.8, 4) is 5.75 Å². The number of rotatable bonds is 2. The quantitative estimate of drug-likeness (QED) is 0.912. The van der Waals surface area contributed by atoms with Crippen molar-refractivity contribution in [2.24, 2.45) is 0 Å². The molecular formula is C19H24N4O2. The molecule has 25 heavy (non-hydrogen) atoms. The van der Waals surface area contributed by atoms with E-state index < -0.39 is 0 Å². The highest BCUT2D eigenvalue weighted by Gasteiger charge is 2.35. The molecule has 6 nitrogen and oxygen atoms in total. The second-order valence-electron chi connectivity index (χ2n) is 7.68. The highest BCUT2D eigenvalue weighted by molar-refractivity contribution is 5.91. The molecule has 1 amide bonds. The van der Waals surface area contributed by atoms with Gasteiger partial charge in [-0.3, -0.25) is 4.79 Å². The largest absolute Gasteiger partial charge is 0.487 e. The lowest BCUT2D eigenvalue weighted by molar-refractivity contribution is 0.0614. The number of amides is 1. The summed E-state index contributed by atoms with van der Waals surface area (Å²) in [5.74, 6) is 2.03. The number of carbonyl (C=O) groups excluding carboxylic acids is 1. The monoisotopic (exact) mass is 340 g/mol. The van der Waals surface area contributed by atoms with Crippen LogP contribution in [0.2, 0.25) is 0 Å². The Morgan fingerprint density at radius 2 is 2.16 bits per heavy atom. The van der Waals surface area contributed by atoms with Gasteiger partial charge in [-0.05, 0) is 39.7 Å². The van der Waals surface area contributed by atoms with Gasteiger partial charge in [0.15, 0.2) is 0 Å². The zero-order chi connectivity index (χ0) is 17.6. The van der Waals surface area contributed by atoms with Crippen LogP contribution in [-0.4, -0.2) is 26.3 Å². The number of hydrogen-bond acceptors (Lipinski definition) is 4. The summed E-state index contributed by atoms with van der Waals surface area (Å²) in [6, 6.07) is 6.02. The minimum absolute atomic E-state index is 0.0947. The number of aromatic nitrogens is 3. The van der Waals surface area contributed by atoms with Gasteiger partial charge in [0.25, 0.3) is 5.91 Å². The molecule has 0 radical (unpaired) electrons. The zero-order valence-corrected chi connectivity index (χ0v) is 15.0. The van der Waals surface area contributed by atoms with Crippen molar-refractivity contribution < 1.29 is 9.53 Å². The number of hydrogen-bond donors (Lipinski definition) is 1. The molecular weight excluding hydrogens is 316 g/mol. The average molecular weight is 340 g/mol. The molecule has 6 heteroatoms. The van der Waals surface area contributed by atoms with Crippen molar-refractivity contribution >= 4 is 5.91 Å². The molecule has 132 valence electrons. The van der Waals surface area contributed by atoms with Gasteiger partial charge in [0.2, 0.25) is 5.82 Å². The van der Waals surface area contributed by atoms with Crippen molar-refractivity contribution in [2.75, 3.05) is 0 Å². The van der Waals surface area contributed by atoms with E-state index >= 15 is 0 Å². The summed E-state index contributed by atoms with van der Waals surface area (Å²) in [6.07, 6.45) is 3.79. The number of aryl methyl sites for hydroxylation is 2. The molecule has 1 N–H and O–H groups in total. The van der Waals surface area contributed by atoms with Crippen molar-refractivity contribution in [1.29, 1.82) is 0 Å². The van der Waals surface area contributed by atoms with Gasteiger partial charge in [0, 0.05) is 24.9 Å². The van der Waals surface area contributed by atoms with Gasteiger partial charge >= 0.3 is 0 Å². The number of nitrogens with zero attached hydrogens (tertiary/aromatic N) is 3. The minimum atomic E-state index is -0.329. The Kier molecular flexibility index (Phi) is 3.78. The fourth-order valence-corrected chi connectivity index (χ4v) is 3.80. The molecule has 2 aliphatic rings. The summed E-state index contributed by atoms with van der Waals surface area (Å²) in [5.41, 5.74) is 1.86. The van der Waals surface area contributed by atoms with Crippen LogP contribution in [0.15, 0.2) is 18.2 Å². The minimum Gasteiger partial charge on any atom is -0.487 e. The van der Waals surface area contributed by atoms with Crippen LogP contribution in [0.3, 0.4) is 0 Å². The van der Waals surface area contributed by atoms with E-state index in [0.717, 1.165) is 54.9 Å². The maximum atomic E-state index is 12.9. The summed E-state index contributed by atoms with van der Waals surface area (Å²) in [4.78, 5) is 12.9. The van der Waals surface area contributed by atoms with E-state index in [9.17, 15) is 4.79 Å². The van der Waals surface area contributed by atoms with Gasteiger partial charge in [0.05, 0.1) is 6.04 Å². The third kappa shape index (κ3) is 3.01. The van der Waals surface area contributed by atoms with Crippen LogP contribution in [0.25, 0.3) is 0 Å². The van der Waals surface area contributed by atoms with Crippen molar-refractivity contribution in [3.05, 3.63) is 41.0 Å². The molecule has 1 aromatic heterocycles. The Morgan fingerprint density at radius 1 is 1.32 bits per heavy atom. The lowest BCUT2D eigenvalue weighted by atomic mass is 9.89. The first kappa shape index (κ1) is 16.1. The Morgan fingerprint density at radius 3 is 3.00 bits per heavy atom. The van der Waals surface area contributed by atoms with E-state index in [-0.39, 0.29) is 17.6 Å². The normalized spacial score (nSPS) is 21.0. The van der Waals surface area contributed by atoms with Gasteiger partial charge in [0.1, 0.15) is 17.2 Å². The van der Waals surface area contributed by atoms with Crippen molar-refractivity contribution in [2.45, 2.75) is 64.6 Å². The molecule has 1 unspecified atom stereocenters. The number of fused-ring (bicyclic) bond motifs is 2. The Labute approximate surface area is 147 Å². The van der Waals surface area contributed by atoms with Crippen molar-refractivity contribution in [3.63, 3.8) is 0 Å². The van der Waals surface area contributed by atoms with Crippen LogP contribution in [-0.2, 0) is 13.0 Å². The van der Waals surface area contributed by atoms with E-state index in [4.69, 9.17) is 4.74 Å². The fourth-order valence-electron chi connectivity index (χ4n) is 3.80. The van der Waals surface area contributed by atoms with Gasteiger partial charge in [-0.2, -0.15) is 0 Å². The van der Waals surface area contributed by atoms with Crippen LogP contribution >= 0.6 is 0 Å². The zero-order valence-electron chi connectivity index (χ0n) is 15.0. The average Bonchev–Trinajstić information content (AvgIpc) is 2.99. The first-order chi connectivity index (χ1) is 11.9. The standard InChI is InChI=1S/C19H24N4O2/c1-12-7-8-15-13(10-12)14(11-19(2,3)25-15)20-18(24)17-22-21-16-6-4-5-9-23(16)17/h7-8,10,14H,4-6,9,11H2,1-3H3,(H,20,24). The van der Waals surface area contributed by atoms with Gasteiger partial charge in [-0.25, -0.2) is 0 Å². The molecule has 1 atom stereocenters. The van der Waals surface area contributed by atoms with E-state index in [2.05, 4.69) is 21.6 Å². The van der Waals surface area contributed by atoms with Crippen LogP contribution in [0, 0.1) is 6.92 Å². The topological polar surface area (TPSA) is 69.0 Å². The first-order valence-electron chi connectivity index (χ1n) is 8.95. The smallest absolute Gasteiger partial charge is 0.289 e. The molecule has 0 saturated heterocycles. The molecule has 0 bridgehead atoms. The second kappa shape index (κ2) is 5.86. The highest BCUT2D eigenvalue weighted by atomic mass is 16.5. The predicted octanol–water partition coefficient (Wildman–Crippen LogP) is 2.96. The summed E-state index contributed by atoms with van der Waals surface area (Å²) < 4.78 is 8.04. The molecule has 1 aromatic carbocycles. The van der Waals surface area contributed by atoms with Gasteiger partial charge in [-0.1, -0.05) is 17.7 Å². The van der Waals surface area contributed by atoms with Gasteiger partial charge in [-0.15, -0.1) is 10.2 Å². The maximum Gasteiger partial charge on any atom is 0.289 e. The van der Waals surface area contributed by atoms with E-state index in [1.165, 1.54) is 0 Å². The summed E-state index contributed by atoms with van der Waals surface area (Å²) in [5, 5.41) is 11.5. The molecule has 4 rings (SSSR count). The summed E-state index contributed by atoms with van der Waals surface area (Å²) >= 11 is 0. The Bertz CT molecular complexity index is 825. The molecule has 0 saturated carbocycles. The maximum absolute atomic E-state index is 12.9. The van der Waals surface area contributed by atoms with E-state index in [1.54, 1.807) is 0 Å². The molecule has 0 aliphatic carbocycles. The number of benzene rings is 1. The molecule has 0 fully saturated rings. The van der Waals surface area contributed by atoms with E-state index in [1.807, 2.05) is 37.5 Å². The van der Waals surface area contributed by atoms with Gasteiger partial charge < -0.3 is 14.6 Å². The van der Waals surface area contributed by atoms with Crippen LogP contribution < -0.4 is 10.1 Å². The lowest BCUT2D eigenvalue weighted by Gasteiger charge is -2.38. The Hall–Kier alpha value is -2.37. The van der Waals surface area contributed by atoms with Crippen molar-refractivity contribution in [1.82, 2.24) is 20.1 Å². The third-order valence-electron chi connectivity index (χ3n) is 4.99. The fraction of sp³-hybridized carbons (Fsp3) is 0.526. The summed E-state index contributed by atoms with van der Waals surface area (Å²) in [6.45, 7) is 6.97. The summed E-state index contributed by atoms with van der Waals surface area (Å²) in [7, 11) is 0. The highest BCUT2D eigenvalue weighted by Crippen LogP contribution is 2.40. The van der Waals surface area contributed by atoms with Crippen LogP contribution in [0.4, 0.5) is 0 Å². The SMILES string of the molecule is Cc1ccc2c(c1)C(NC(=O)c1nnc3n1CCCC3)CC(C)(C)O2. The molecule has 3 heterocycles. The second-order valence-corrected chi connectivity index (χ2v) is 7.68. The molecule has 0 spiro atoms. The number of nitrogens with one attached hydrogen (secondary N) is 1. The number of carbonyl (C=O) groups is 1. The van der Waals surface area contributed by atoms with Crippen LogP contribution in [0.5, 0.6) is 5.75 Å². The lowest BCUT2D eigenvalue weighted by Crippen LogP contribution is -2.42.